The predicted molar refractivity (Wildman–Crippen MR) is 84.0 cm³/mol. The highest BCUT2D eigenvalue weighted by Crippen LogP contribution is 2.27. The number of halogens is 1. The fraction of sp³-hybridized carbons (Fsp3) is 0.571. The van der Waals surface area contributed by atoms with Crippen molar-refractivity contribution < 1.29 is 8.42 Å². The molecule has 1 aromatic carbocycles. The van der Waals surface area contributed by atoms with Crippen LogP contribution in [0.15, 0.2) is 21.5 Å². The van der Waals surface area contributed by atoms with E-state index in [1.165, 1.54) is 6.42 Å². The molecule has 0 unspecified atom stereocenters. The second-order valence-corrected chi connectivity index (χ2v) is 7.90. The first-order chi connectivity index (χ1) is 9.44. The fourth-order valence-corrected chi connectivity index (χ4v) is 4.87. The zero-order chi connectivity index (χ0) is 14.8. The van der Waals surface area contributed by atoms with Gasteiger partial charge in [0, 0.05) is 17.1 Å². The van der Waals surface area contributed by atoms with Crippen molar-refractivity contribution in [2.45, 2.75) is 56.5 Å². The molecule has 0 spiro atoms. The highest BCUT2D eigenvalue weighted by atomic mass is 79.9. The molecule has 1 fully saturated rings. The van der Waals surface area contributed by atoms with Gasteiger partial charge in [0.2, 0.25) is 10.0 Å². The molecule has 0 aliphatic heterocycles. The molecule has 1 saturated carbocycles. The molecule has 6 heteroatoms. The largest absolute Gasteiger partial charge is 0.326 e. The molecule has 1 aromatic rings. The van der Waals surface area contributed by atoms with E-state index in [-0.39, 0.29) is 6.04 Å². The number of hydrogen-bond donors (Lipinski definition) is 2. The van der Waals surface area contributed by atoms with Gasteiger partial charge in [0.25, 0.3) is 0 Å². The van der Waals surface area contributed by atoms with Gasteiger partial charge in [0.05, 0.1) is 4.90 Å². The molecule has 0 heterocycles. The van der Waals surface area contributed by atoms with Crippen LogP contribution >= 0.6 is 15.9 Å². The van der Waals surface area contributed by atoms with Crippen molar-refractivity contribution in [2.75, 3.05) is 0 Å². The summed E-state index contributed by atoms with van der Waals surface area (Å²) in [5.74, 6) is 0. The summed E-state index contributed by atoms with van der Waals surface area (Å²) in [6.07, 6.45) is 5.24. The van der Waals surface area contributed by atoms with E-state index in [0.717, 1.165) is 41.3 Å². The molecule has 0 atom stereocenters. The summed E-state index contributed by atoms with van der Waals surface area (Å²) in [7, 11) is -3.48. The third kappa shape index (κ3) is 3.61. The van der Waals surface area contributed by atoms with Crippen LogP contribution in [-0.2, 0) is 16.6 Å². The fourth-order valence-electron chi connectivity index (χ4n) is 2.61. The Bertz CT molecular complexity index is 581. The van der Waals surface area contributed by atoms with E-state index in [1.54, 1.807) is 13.0 Å². The maximum atomic E-state index is 12.6. The van der Waals surface area contributed by atoms with Crippen molar-refractivity contribution in [3.8, 4) is 0 Å². The van der Waals surface area contributed by atoms with Crippen LogP contribution < -0.4 is 10.5 Å². The summed E-state index contributed by atoms with van der Waals surface area (Å²) in [5, 5.41) is 0. The van der Waals surface area contributed by atoms with Crippen LogP contribution in [0.2, 0.25) is 0 Å². The van der Waals surface area contributed by atoms with E-state index in [0.29, 0.717) is 11.4 Å². The number of nitrogens with one attached hydrogen (secondary N) is 1. The van der Waals surface area contributed by atoms with Crippen molar-refractivity contribution in [3.05, 3.63) is 27.7 Å². The molecule has 0 bridgehead atoms. The lowest BCUT2D eigenvalue weighted by Crippen LogP contribution is -2.36. The Morgan fingerprint density at radius 3 is 2.55 bits per heavy atom. The van der Waals surface area contributed by atoms with Crippen molar-refractivity contribution in [3.63, 3.8) is 0 Å². The summed E-state index contributed by atoms with van der Waals surface area (Å²) >= 11 is 3.41. The van der Waals surface area contributed by atoms with Gasteiger partial charge in [-0.1, -0.05) is 35.2 Å². The Labute approximate surface area is 129 Å². The average Bonchev–Trinajstić information content (AvgIpc) is 2.42. The van der Waals surface area contributed by atoms with Gasteiger partial charge in [-0.3, -0.25) is 0 Å². The summed E-state index contributed by atoms with van der Waals surface area (Å²) in [5.41, 5.74) is 7.17. The Balaban J connectivity index is 2.30. The van der Waals surface area contributed by atoms with Crippen LogP contribution in [0, 0.1) is 6.92 Å². The Hall–Kier alpha value is -0.430. The van der Waals surface area contributed by atoms with Gasteiger partial charge in [0.1, 0.15) is 0 Å². The number of rotatable bonds is 4. The topological polar surface area (TPSA) is 72.2 Å². The number of benzene rings is 1. The standard InChI is InChI=1S/C14H21BrN2O2S/c1-10-13(15)7-11(9-16)8-14(10)20(18,19)17-12-5-3-2-4-6-12/h7-8,12,17H,2-6,9,16H2,1H3. The molecule has 3 N–H and O–H groups in total. The average molecular weight is 361 g/mol. The minimum atomic E-state index is -3.48. The van der Waals surface area contributed by atoms with Gasteiger partial charge in [0.15, 0.2) is 0 Å². The SMILES string of the molecule is Cc1c(Br)cc(CN)cc1S(=O)(=O)NC1CCCCC1. The zero-order valence-electron chi connectivity index (χ0n) is 11.7. The molecule has 112 valence electrons. The Morgan fingerprint density at radius 2 is 1.95 bits per heavy atom. The minimum absolute atomic E-state index is 0.0634. The molecule has 1 aliphatic carbocycles. The van der Waals surface area contributed by atoms with Gasteiger partial charge in [-0.2, -0.15) is 0 Å². The van der Waals surface area contributed by atoms with Gasteiger partial charge in [-0.05, 0) is 43.0 Å². The first-order valence-corrected chi connectivity index (χ1v) is 9.23. The smallest absolute Gasteiger partial charge is 0.241 e. The second-order valence-electron chi connectivity index (χ2n) is 5.36. The highest BCUT2D eigenvalue weighted by Gasteiger charge is 2.24. The Kier molecular flexibility index (Phi) is 5.23. The summed E-state index contributed by atoms with van der Waals surface area (Å²) in [6.45, 7) is 2.13. The van der Waals surface area contributed by atoms with Crippen LogP contribution in [0.5, 0.6) is 0 Å². The monoisotopic (exact) mass is 360 g/mol. The predicted octanol–water partition coefficient (Wildman–Crippen LogP) is 2.83. The van der Waals surface area contributed by atoms with Gasteiger partial charge in [-0.15, -0.1) is 0 Å². The normalized spacial score (nSPS) is 17.4. The van der Waals surface area contributed by atoms with Crippen LogP contribution in [0.1, 0.15) is 43.2 Å². The molecule has 0 radical (unpaired) electrons. The third-order valence-electron chi connectivity index (χ3n) is 3.81. The lowest BCUT2D eigenvalue weighted by atomic mass is 9.96. The van der Waals surface area contributed by atoms with E-state index in [4.69, 9.17) is 5.73 Å². The van der Waals surface area contributed by atoms with E-state index in [2.05, 4.69) is 20.7 Å². The quantitative estimate of drug-likeness (QED) is 0.866. The Morgan fingerprint density at radius 1 is 1.30 bits per heavy atom. The summed E-state index contributed by atoms with van der Waals surface area (Å²) < 4.78 is 28.8. The molecule has 0 aromatic heterocycles. The molecule has 1 aliphatic rings. The van der Waals surface area contributed by atoms with Crippen molar-refractivity contribution in [2.24, 2.45) is 5.73 Å². The first-order valence-electron chi connectivity index (χ1n) is 6.95. The van der Waals surface area contributed by atoms with Crippen LogP contribution in [0.3, 0.4) is 0 Å². The van der Waals surface area contributed by atoms with Gasteiger partial charge >= 0.3 is 0 Å². The highest BCUT2D eigenvalue weighted by molar-refractivity contribution is 9.10. The maximum Gasteiger partial charge on any atom is 0.241 e. The number of sulfonamides is 1. The zero-order valence-corrected chi connectivity index (χ0v) is 14.1. The van der Waals surface area contributed by atoms with E-state index >= 15 is 0 Å². The molecule has 20 heavy (non-hydrogen) atoms. The van der Waals surface area contributed by atoms with Crippen molar-refractivity contribution >= 4 is 26.0 Å². The van der Waals surface area contributed by atoms with Crippen molar-refractivity contribution in [1.29, 1.82) is 0 Å². The molecular formula is C14H21BrN2O2S. The van der Waals surface area contributed by atoms with E-state index in [9.17, 15) is 8.42 Å². The first kappa shape index (κ1) is 15.9. The maximum absolute atomic E-state index is 12.6. The van der Waals surface area contributed by atoms with Crippen molar-refractivity contribution in [1.82, 2.24) is 4.72 Å². The second kappa shape index (κ2) is 6.56. The lowest BCUT2D eigenvalue weighted by molar-refractivity contribution is 0.412. The summed E-state index contributed by atoms with van der Waals surface area (Å²) in [4.78, 5) is 0.331. The minimum Gasteiger partial charge on any atom is -0.326 e. The van der Waals surface area contributed by atoms with E-state index < -0.39 is 10.0 Å². The molecular weight excluding hydrogens is 340 g/mol. The third-order valence-corrected chi connectivity index (χ3v) is 6.28. The summed E-state index contributed by atoms with van der Waals surface area (Å²) in [6, 6.07) is 3.61. The number of hydrogen-bond acceptors (Lipinski definition) is 3. The number of nitrogens with two attached hydrogens (primary N) is 1. The van der Waals surface area contributed by atoms with Crippen LogP contribution in [-0.4, -0.2) is 14.5 Å². The molecule has 4 nitrogen and oxygen atoms in total. The van der Waals surface area contributed by atoms with Gasteiger partial charge in [-0.25, -0.2) is 13.1 Å². The van der Waals surface area contributed by atoms with Crippen LogP contribution in [0.25, 0.3) is 0 Å². The molecule has 0 saturated heterocycles. The lowest BCUT2D eigenvalue weighted by Gasteiger charge is -2.23. The van der Waals surface area contributed by atoms with Crippen LogP contribution in [0.4, 0.5) is 0 Å². The molecule has 2 rings (SSSR count). The van der Waals surface area contributed by atoms with E-state index in [1.807, 2.05) is 6.07 Å². The van der Waals surface area contributed by atoms with Gasteiger partial charge < -0.3 is 5.73 Å². The molecule has 0 amide bonds.